The van der Waals surface area contributed by atoms with Gasteiger partial charge in [0.05, 0.1) is 5.25 Å². The third-order valence-corrected chi connectivity index (χ3v) is 5.05. The number of hydrogen-bond acceptors (Lipinski definition) is 4. The van der Waals surface area contributed by atoms with Gasteiger partial charge in [-0.15, -0.1) is 11.8 Å². The molecule has 0 bridgehead atoms. The summed E-state index contributed by atoms with van der Waals surface area (Å²) in [6.07, 6.45) is 0.786. The van der Waals surface area contributed by atoms with Gasteiger partial charge >= 0.3 is 0 Å². The first-order valence-electron chi connectivity index (χ1n) is 7.62. The largest absolute Gasteiger partial charge is 0.454 e. The van der Waals surface area contributed by atoms with E-state index in [0.29, 0.717) is 11.5 Å². The Balaban J connectivity index is 1.59. The highest BCUT2D eigenvalue weighted by Crippen LogP contribution is 2.34. The maximum Gasteiger partial charge on any atom is 0.237 e. The van der Waals surface area contributed by atoms with E-state index in [1.165, 1.54) is 5.56 Å². The van der Waals surface area contributed by atoms with Gasteiger partial charge in [-0.3, -0.25) is 4.79 Å². The van der Waals surface area contributed by atoms with Gasteiger partial charge in [-0.05, 0) is 24.1 Å². The first-order valence-corrected chi connectivity index (χ1v) is 8.67. The molecule has 0 fully saturated rings. The summed E-state index contributed by atoms with van der Waals surface area (Å²) in [5.74, 6) is 2.24. The minimum Gasteiger partial charge on any atom is -0.454 e. The Hall–Kier alpha value is -2.14. The normalized spacial score (nSPS) is 13.6. The third kappa shape index (κ3) is 3.99. The molecule has 1 aliphatic heterocycles. The van der Waals surface area contributed by atoms with Crippen LogP contribution >= 0.6 is 11.8 Å². The molecule has 1 amide bonds. The summed E-state index contributed by atoms with van der Waals surface area (Å²) in [5.41, 5.74) is 1.96. The fourth-order valence-corrected chi connectivity index (χ4v) is 3.38. The minimum atomic E-state index is -0.0828. The number of benzene rings is 2. The standard InChI is InChI=1S/C18H19NO3S/c1-2-17(23-11-13-6-4-3-5-7-13)18(20)19-14-8-9-15-16(10-14)22-12-21-15/h3-10,17H,2,11-12H2,1H3,(H,19,20). The number of ether oxygens (including phenoxy) is 2. The molecule has 5 heteroatoms. The predicted molar refractivity (Wildman–Crippen MR) is 93.0 cm³/mol. The molecule has 0 radical (unpaired) electrons. The van der Waals surface area contributed by atoms with Gasteiger partial charge in [0, 0.05) is 17.5 Å². The zero-order valence-corrected chi connectivity index (χ0v) is 13.8. The number of nitrogens with one attached hydrogen (secondary N) is 1. The number of hydrogen-bond donors (Lipinski definition) is 1. The quantitative estimate of drug-likeness (QED) is 0.868. The van der Waals surface area contributed by atoms with Crippen molar-refractivity contribution < 1.29 is 14.3 Å². The van der Waals surface area contributed by atoms with Gasteiger partial charge in [0.25, 0.3) is 0 Å². The van der Waals surface area contributed by atoms with Crippen LogP contribution < -0.4 is 14.8 Å². The van der Waals surface area contributed by atoms with E-state index in [1.54, 1.807) is 17.8 Å². The van der Waals surface area contributed by atoms with E-state index in [2.05, 4.69) is 17.4 Å². The van der Waals surface area contributed by atoms with E-state index in [9.17, 15) is 4.79 Å². The first kappa shape index (κ1) is 15.7. The molecule has 0 aromatic heterocycles. The lowest BCUT2D eigenvalue weighted by Crippen LogP contribution is -2.24. The summed E-state index contributed by atoms with van der Waals surface area (Å²) in [5, 5.41) is 2.88. The molecule has 1 atom stereocenters. The van der Waals surface area contributed by atoms with Crippen LogP contribution in [0.2, 0.25) is 0 Å². The van der Waals surface area contributed by atoms with Gasteiger partial charge < -0.3 is 14.8 Å². The monoisotopic (exact) mass is 329 g/mol. The van der Waals surface area contributed by atoms with Crippen LogP contribution in [0.4, 0.5) is 5.69 Å². The highest BCUT2D eigenvalue weighted by molar-refractivity contribution is 7.99. The van der Waals surface area contributed by atoms with Crippen molar-refractivity contribution in [2.45, 2.75) is 24.3 Å². The number of carbonyl (C=O) groups excluding carboxylic acids is 1. The van der Waals surface area contributed by atoms with E-state index in [4.69, 9.17) is 9.47 Å². The van der Waals surface area contributed by atoms with Crippen molar-refractivity contribution in [3.63, 3.8) is 0 Å². The van der Waals surface area contributed by atoms with Crippen molar-refractivity contribution in [1.82, 2.24) is 0 Å². The van der Waals surface area contributed by atoms with Crippen LogP contribution in [0.5, 0.6) is 11.5 Å². The fourth-order valence-electron chi connectivity index (χ4n) is 2.35. The second kappa shape index (κ2) is 7.42. The van der Waals surface area contributed by atoms with Crippen LogP contribution in [0.25, 0.3) is 0 Å². The number of rotatable bonds is 6. The summed E-state index contributed by atoms with van der Waals surface area (Å²) in [7, 11) is 0. The second-order valence-electron chi connectivity index (χ2n) is 5.25. The van der Waals surface area contributed by atoms with Gasteiger partial charge in [0.15, 0.2) is 11.5 Å². The molecule has 3 rings (SSSR count). The van der Waals surface area contributed by atoms with Gasteiger partial charge in [-0.1, -0.05) is 37.3 Å². The van der Waals surface area contributed by atoms with Gasteiger partial charge in [-0.2, -0.15) is 0 Å². The van der Waals surface area contributed by atoms with Gasteiger partial charge in [0.1, 0.15) is 0 Å². The molecule has 23 heavy (non-hydrogen) atoms. The number of anilines is 1. The Bertz CT molecular complexity index is 675. The van der Waals surface area contributed by atoms with Crippen LogP contribution in [0.15, 0.2) is 48.5 Å². The fraction of sp³-hybridized carbons (Fsp3) is 0.278. The predicted octanol–water partition coefficient (Wildman–Crippen LogP) is 4.07. The molecule has 0 saturated carbocycles. The number of carbonyl (C=O) groups is 1. The van der Waals surface area contributed by atoms with Crippen LogP contribution in [-0.4, -0.2) is 18.0 Å². The van der Waals surface area contributed by atoms with Crippen molar-refractivity contribution in [2.24, 2.45) is 0 Å². The molecule has 120 valence electrons. The molecule has 0 aliphatic carbocycles. The van der Waals surface area contributed by atoms with Crippen molar-refractivity contribution in [1.29, 1.82) is 0 Å². The minimum absolute atomic E-state index is 0.0206. The highest BCUT2D eigenvalue weighted by atomic mass is 32.2. The number of amides is 1. The van der Waals surface area contributed by atoms with Gasteiger partial charge in [0.2, 0.25) is 12.7 Å². The second-order valence-corrected chi connectivity index (χ2v) is 6.44. The molecule has 2 aromatic rings. The lowest BCUT2D eigenvalue weighted by Gasteiger charge is -2.15. The van der Waals surface area contributed by atoms with E-state index in [-0.39, 0.29) is 18.0 Å². The topological polar surface area (TPSA) is 47.6 Å². The zero-order chi connectivity index (χ0) is 16.1. The molecular formula is C18H19NO3S. The molecule has 1 aliphatic rings. The van der Waals surface area contributed by atoms with Crippen LogP contribution in [0, 0.1) is 0 Å². The summed E-state index contributed by atoms with van der Waals surface area (Å²) in [4.78, 5) is 12.5. The Morgan fingerprint density at radius 3 is 2.74 bits per heavy atom. The van der Waals surface area contributed by atoms with Crippen molar-refractivity contribution >= 4 is 23.4 Å². The third-order valence-electron chi connectivity index (χ3n) is 3.60. The molecule has 4 nitrogen and oxygen atoms in total. The van der Waals surface area contributed by atoms with Gasteiger partial charge in [-0.25, -0.2) is 0 Å². The summed E-state index contributed by atoms with van der Waals surface area (Å²) in [6, 6.07) is 15.6. The molecule has 1 unspecified atom stereocenters. The molecule has 2 aromatic carbocycles. The SMILES string of the molecule is CCC(SCc1ccccc1)C(=O)Nc1ccc2c(c1)OCO2. The zero-order valence-electron chi connectivity index (χ0n) is 13.0. The van der Waals surface area contributed by atoms with E-state index >= 15 is 0 Å². The maximum absolute atomic E-state index is 12.5. The molecular weight excluding hydrogens is 310 g/mol. The molecule has 1 N–H and O–H groups in total. The number of fused-ring (bicyclic) bond motifs is 1. The Kier molecular flexibility index (Phi) is 5.08. The Morgan fingerprint density at radius 2 is 1.96 bits per heavy atom. The first-order chi connectivity index (χ1) is 11.3. The highest BCUT2D eigenvalue weighted by Gasteiger charge is 2.19. The van der Waals surface area contributed by atoms with Crippen molar-refractivity contribution in [2.75, 3.05) is 12.1 Å². The Morgan fingerprint density at radius 1 is 1.17 bits per heavy atom. The summed E-state index contributed by atoms with van der Waals surface area (Å²) >= 11 is 1.66. The van der Waals surface area contributed by atoms with E-state index < -0.39 is 0 Å². The van der Waals surface area contributed by atoms with Crippen LogP contribution in [0.1, 0.15) is 18.9 Å². The summed E-state index contributed by atoms with van der Waals surface area (Å²) in [6.45, 7) is 2.26. The number of thioether (sulfide) groups is 1. The summed E-state index contributed by atoms with van der Waals surface area (Å²) < 4.78 is 10.6. The molecule has 0 spiro atoms. The average molecular weight is 329 g/mol. The molecule has 0 saturated heterocycles. The Labute approximate surface area is 140 Å². The lowest BCUT2D eigenvalue weighted by atomic mass is 10.2. The van der Waals surface area contributed by atoms with Crippen molar-refractivity contribution in [3.05, 3.63) is 54.1 Å². The van der Waals surface area contributed by atoms with Crippen molar-refractivity contribution in [3.8, 4) is 11.5 Å². The smallest absolute Gasteiger partial charge is 0.237 e. The van der Waals surface area contributed by atoms with E-state index in [1.807, 2.05) is 37.3 Å². The maximum atomic E-state index is 12.5. The van der Waals surface area contributed by atoms with Crippen LogP contribution in [0.3, 0.4) is 0 Å². The van der Waals surface area contributed by atoms with E-state index in [0.717, 1.165) is 17.9 Å². The van der Waals surface area contributed by atoms with Crippen LogP contribution in [-0.2, 0) is 10.5 Å². The average Bonchev–Trinajstić information content (AvgIpc) is 3.04. The molecule has 1 heterocycles. The lowest BCUT2D eigenvalue weighted by molar-refractivity contribution is -0.115.